The molecule has 0 bridgehead atoms. The number of primary amides is 1. The van der Waals surface area contributed by atoms with Gasteiger partial charge >= 0.3 is 6.18 Å². The first kappa shape index (κ1) is 10.3. The van der Waals surface area contributed by atoms with Crippen LogP contribution in [0.2, 0.25) is 0 Å². The van der Waals surface area contributed by atoms with Gasteiger partial charge in [-0.05, 0) is 12.8 Å². The molecule has 0 saturated heterocycles. The lowest BCUT2D eigenvalue weighted by molar-refractivity contribution is -0.197. The van der Waals surface area contributed by atoms with Gasteiger partial charge in [-0.3, -0.25) is 4.79 Å². The summed E-state index contributed by atoms with van der Waals surface area (Å²) < 4.78 is 37.0. The fraction of sp³-hybridized carbons (Fsp3) is 0.875. The predicted octanol–water partition coefficient (Wildman–Crippen LogP) is 1.84. The van der Waals surface area contributed by atoms with Gasteiger partial charge in [0, 0.05) is 5.92 Å². The monoisotopic (exact) mass is 195 g/mol. The quantitative estimate of drug-likeness (QED) is 0.681. The van der Waals surface area contributed by atoms with E-state index in [1.165, 1.54) is 0 Å². The second-order valence-corrected chi connectivity index (χ2v) is 3.44. The van der Waals surface area contributed by atoms with E-state index in [9.17, 15) is 18.0 Å². The number of nitrogens with two attached hydrogens (primary N) is 1. The number of alkyl halides is 3. The number of carbonyl (C=O) groups is 1. The van der Waals surface area contributed by atoms with Crippen LogP contribution in [0.15, 0.2) is 0 Å². The molecule has 1 amide bonds. The number of amides is 1. The van der Waals surface area contributed by atoms with Crippen molar-refractivity contribution < 1.29 is 18.0 Å². The Morgan fingerprint density at radius 3 is 2.15 bits per heavy atom. The van der Waals surface area contributed by atoms with Crippen LogP contribution in [0.1, 0.15) is 25.7 Å². The molecule has 2 unspecified atom stereocenters. The zero-order valence-electron chi connectivity index (χ0n) is 7.10. The van der Waals surface area contributed by atoms with E-state index in [1.807, 2.05) is 0 Å². The smallest absolute Gasteiger partial charge is 0.369 e. The Hall–Kier alpha value is -0.740. The molecule has 0 aliphatic heterocycles. The van der Waals surface area contributed by atoms with Gasteiger partial charge in [-0.25, -0.2) is 0 Å². The average Bonchev–Trinajstić information content (AvgIpc) is 2.03. The molecule has 0 heterocycles. The van der Waals surface area contributed by atoms with E-state index in [2.05, 4.69) is 0 Å². The van der Waals surface area contributed by atoms with Crippen LogP contribution in [0, 0.1) is 11.8 Å². The second kappa shape index (κ2) is 3.55. The summed E-state index contributed by atoms with van der Waals surface area (Å²) >= 11 is 0. The maximum absolute atomic E-state index is 12.3. The Morgan fingerprint density at radius 1 is 1.23 bits per heavy atom. The van der Waals surface area contributed by atoms with Crippen molar-refractivity contribution in [1.82, 2.24) is 0 Å². The van der Waals surface area contributed by atoms with Crippen LogP contribution in [-0.4, -0.2) is 12.1 Å². The van der Waals surface area contributed by atoms with Crippen LogP contribution in [0.5, 0.6) is 0 Å². The molecule has 1 rings (SSSR count). The van der Waals surface area contributed by atoms with Crippen molar-refractivity contribution in [1.29, 1.82) is 0 Å². The topological polar surface area (TPSA) is 43.1 Å². The molecule has 2 atom stereocenters. The summed E-state index contributed by atoms with van der Waals surface area (Å²) in [6, 6.07) is 0. The highest BCUT2D eigenvalue weighted by molar-refractivity contribution is 5.77. The third-order valence-corrected chi connectivity index (χ3v) is 2.55. The SMILES string of the molecule is NC(=O)C1CCCCC1C(F)(F)F. The summed E-state index contributed by atoms with van der Waals surface area (Å²) in [6.45, 7) is 0. The maximum atomic E-state index is 12.3. The normalized spacial score (nSPS) is 30.1. The molecule has 5 heteroatoms. The van der Waals surface area contributed by atoms with E-state index < -0.39 is 23.9 Å². The number of carbonyl (C=O) groups excluding carboxylic acids is 1. The molecule has 2 N–H and O–H groups in total. The van der Waals surface area contributed by atoms with Crippen LogP contribution in [-0.2, 0) is 4.79 Å². The first-order valence-electron chi connectivity index (χ1n) is 4.29. The molecule has 2 nitrogen and oxygen atoms in total. The molecule has 0 spiro atoms. The number of halogens is 3. The summed E-state index contributed by atoms with van der Waals surface area (Å²) in [5.41, 5.74) is 4.92. The van der Waals surface area contributed by atoms with Gasteiger partial charge < -0.3 is 5.73 Å². The van der Waals surface area contributed by atoms with Crippen LogP contribution < -0.4 is 5.73 Å². The molecule has 0 aromatic heterocycles. The molecule has 1 aliphatic carbocycles. The van der Waals surface area contributed by atoms with Crippen molar-refractivity contribution in [2.45, 2.75) is 31.9 Å². The first-order valence-corrected chi connectivity index (χ1v) is 4.29. The van der Waals surface area contributed by atoms with Gasteiger partial charge in [0.25, 0.3) is 0 Å². The summed E-state index contributed by atoms with van der Waals surface area (Å²) in [7, 11) is 0. The van der Waals surface area contributed by atoms with Crippen molar-refractivity contribution in [3.05, 3.63) is 0 Å². The van der Waals surface area contributed by atoms with E-state index in [0.29, 0.717) is 12.8 Å². The standard InChI is InChI=1S/C8H12F3NO/c9-8(10,11)6-4-2-1-3-5(6)7(12)13/h5-6H,1-4H2,(H2,12,13). The minimum atomic E-state index is -4.28. The molecule has 1 saturated carbocycles. The molecule has 1 fully saturated rings. The molecule has 0 aromatic carbocycles. The molecule has 1 aliphatic rings. The van der Waals surface area contributed by atoms with Crippen molar-refractivity contribution in [2.24, 2.45) is 17.6 Å². The van der Waals surface area contributed by atoms with Crippen molar-refractivity contribution in [3.8, 4) is 0 Å². The van der Waals surface area contributed by atoms with Gasteiger partial charge in [0.1, 0.15) is 0 Å². The third-order valence-electron chi connectivity index (χ3n) is 2.55. The lowest BCUT2D eigenvalue weighted by Crippen LogP contribution is -2.40. The van der Waals surface area contributed by atoms with Crippen molar-refractivity contribution >= 4 is 5.91 Å². The Morgan fingerprint density at radius 2 is 1.77 bits per heavy atom. The van der Waals surface area contributed by atoms with Gasteiger partial charge in [-0.15, -0.1) is 0 Å². The zero-order valence-corrected chi connectivity index (χ0v) is 7.10. The minimum absolute atomic E-state index is 0.0388. The molecule has 0 aromatic rings. The summed E-state index contributed by atoms with van der Waals surface area (Å²) in [6.07, 6.45) is -2.76. The lowest BCUT2D eigenvalue weighted by atomic mass is 9.78. The Bertz CT molecular complexity index is 202. The van der Waals surface area contributed by atoms with E-state index in [-0.39, 0.29) is 12.8 Å². The molecule has 76 valence electrons. The van der Waals surface area contributed by atoms with E-state index >= 15 is 0 Å². The van der Waals surface area contributed by atoms with Gasteiger partial charge in [0.15, 0.2) is 0 Å². The maximum Gasteiger partial charge on any atom is 0.392 e. The Balaban J connectivity index is 2.73. The van der Waals surface area contributed by atoms with Crippen molar-refractivity contribution in [2.75, 3.05) is 0 Å². The van der Waals surface area contributed by atoms with Crippen LogP contribution in [0.4, 0.5) is 13.2 Å². The average molecular weight is 195 g/mol. The molecule has 0 radical (unpaired) electrons. The van der Waals surface area contributed by atoms with E-state index in [1.54, 1.807) is 0 Å². The highest BCUT2D eigenvalue weighted by Crippen LogP contribution is 2.41. The number of hydrogen-bond donors (Lipinski definition) is 1. The van der Waals surface area contributed by atoms with Crippen LogP contribution in [0.25, 0.3) is 0 Å². The number of rotatable bonds is 1. The van der Waals surface area contributed by atoms with Gasteiger partial charge in [-0.1, -0.05) is 12.8 Å². The highest BCUT2D eigenvalue weighted by Gasteiger charge is 2.47. The largest absolute Gasteiger partial charge is 0.392 e. The summed E-state index contributed by atoms with van der Waals surface area (Å²) in [5, 5.41) is 0. The van der Waals surface area contributed by atoms with E-state index in [4.69, 9.17) is 5.73 Å². The van der Waals surface area contributed by atoms with Crippen LogP contribution >= 0.6 is 0 Å². The van der Waals surface area contributed by atoms with Crippen LogP contribution in [0.3, 0.4) is 0 Å². The summed E-state index contributed by atoms with van der Waals surface area (Å²) in [4.78, 5) is 10.7. The Kier molecular flexibility index (Phi) is 2.83. The fourth-order valence-electron chi connectivity index (χ4n) is 1.86. The molecular formula is C8H12F3NO. The van der Waals surface area contributed by atoms with E-state index in [0.717, 1.165) is 0 Å². The lowest BCUT2D eigenvalue weighted by Gasteiger charge is -2.30. The zero-order chi connectivity index (χ0) is 10.1. The van der Waals surface area contributed by atoms with Gasteiger partial charge in [0.2, 0.25) is 5.91 Å². The third kappa shape index (κ3) is 2.35. The van der Waals surface area contributed by atoms with Gasteiger partial charge in [0.05, 0.1) is 5.92 Å². The van der Waals surface area contributed by atoms with Gasteiger partial charge in [-0.2, -0.15) is 13.2 Å². The first-order chi connectivity index (χ1) is 5.93. The number of hydrogen-bond acceptors (Lipinski definition) is 1. The summed E-state index contributed by atoms with van der Waals surface area (Å²) in [5.74, 6) is -3.34. The molecular weight excluding hydrogens is 183 g/mol. The Labute approximate surface area is 74.3 Å². The highest BCUT2D eigenvalue weighted by atomic mass is 19.4. The van der Waals surface area contributed by atoms with Crippen molar-refractivity contribution in [3.63, 3.8) is 0 Å². The fourth-order valence-corrected chi connectivity index (χ4v) is 1.86. The minimum Gasteiger partial charge on any atom is -0.369 e. The second-order valence-electron chi connectivity index (χ2n) is 3.44. The predicted molar refractivity (Wildman–Crippen MR) is 40.7 cm³/mol. The molecule has 13 heavy (non-hydrogen) atoms.